The van der Waals surface area contributed by atoms with Crippen molar-refractivity contribution in [2.45, 2.75) is 13.5 Å². The van der Waals surface area contributed by atoms with Gasteiger partial charge in [-0.05, 0) is 20.0 Å². The van der Waals surface area contributed by atoms with E-state index in [2.05, 4.69) is 20.6 Å². The third-order valence-electron chi connectivity index (χ3n) is 1.64. The van der Waals surface area contributed by atoms with Crippen LogP contribution in [0.2, 0.25) is 0 Å². The number of hydrogen-bond donors (Lipinski definition) is 2. The van der Waals surface area contributed by atoms with E-state index in [0.717, 1.165) is 5.69 Å². The van der Waals surface area contributed by atoms with Crippen molar-refractivity contribution in [2.24, 2.45) is 0 Å². The lowest BCUT2D eigenvalue weighted by atomic mass is 10.4. The van der Waals surface area contributed by atoms with E-state index in [1.54, 1.807) is 19.3 Å². The predicted molar refractivity (Wildman–Crippen MR) is 52.5 cm³/mol. The Morgan fingerprint density at radius 1 is 1.57 bits per heavy atom. The molecular formula is C9H14N4O. The van der Waals surface area contributed by atoms with Crippen molar-refractivity contribution in [1.82, 2.24) is 20.6 Å². The summed E-state index contributed by atoms with van der Waals surface area (Å²) in [7, 11) is 1.73. The number of carbonyl (C=O) groups excluding carboxylic acids is 1. The lowest BCUT2D eigenvalue weighted by molar-refractivity contribution is -0.120. The maximum absolute atomic E-state index is 11.1. The molecule has 0 unspecified atom stereocenters. The van der Waals surface area contributed by atoms with Crippen LogP contribution < -0.4 is 10.6 Å². The maximum atomic E-state index is 11.1. The van der Waals surface area contributed by atoms with Crippen molar-refractivity contribution in [1.29, 1.82) is 0 Å². The van der Waals surface area contributed by atoms with Gasteiger partial charge in [-0.2, -0.15) is 0 Å². The van der Waals surface area contributed by atoms with Gasteiger partial charge in [-0.25, -0.2) is 9.97 Å². The quantitative estimate of drug-likeness (QED) is 0.685. The number of carbonyl (C=O) groups is 1. The molecule has 5 heteroatoms. The summed E-state index contributed by atoms with van der Waals surface area (Å²) in [6.45, 7) is 2.59. The Bertz CT molecular complexity index is 313. The molecule has 0 saturated heterocycles. The number of nitrogens with zero attached hydrogens (tertiary/aromatic N) is 2. The van der Waals surface area contributed by atoms with E-state index in [4.69, 9.17) is 0 Å². The molecule has 0 radical (unpaired) electrons. The number of rotatable bonds is 4. The highest BCUT2D eigenvalue weighted by atomic mass is 16.1. The lowest BCUT2D eigenvalue weighted by Crippen LogP contribution is -2.31. The second kappa shape index (κ2) is 5.29. The van der Waals surface area contributed by atoms with Gasteiger partial charge in [-0.15, -0.1) is 0 Å². The standard InChI is InChI=1S/C9H14N4O/c1-7-11-4-3-8(13-7)5-12-9(14)6-10-2/h3-4,10H,5-6H2,1-2H3,(H,12,14). The van der Waals surface area contributed by atoms with Crippen molar-refractivity contribution in [2.75, 3.05) is 13.6 Å². The van der Waals surface area contributed by atoms with Gasteiger partial charge in [-0.1, -0.05) is 0 Å². The normalized spacial score (nSPS) is 9.86. The highest BCUT2D eigenvalue weighted by molar-refractivity contribution is 5.77. The van der Waals surface area contributed by atoms with Crippen LogP contribution in [-0.4, -0.2) is 29.5 Å². The first-order chi connectivity index (χ1) is 6.72. The highest BCUT2D eigenvalue weighted by Gasteiger charge is 1.99. The molecule has 1 amide bonds. The van der Waals surface area contributed by atoms with Crippen LogP contribution in [0, 0.1) is 6.92 Å². The predicted octanol–water partition coefficient (Wildman–Crippen LogP) is -0.379. The van der Waals surface area contributed by atoms with Crippen molar-refractivity contribution in [3.63, 3.8) is 0 Å². The first-order valence-electron chi connectivity index (χ1n) is 4.42. The van der Waals surface area contributed by atoms with Crippen LogP contribution in [0.15, 0.2) is 12.3 Å². The number of nitrogens with one attached hydrogen (secondary N) is 2. The van der Waals surface area contributed by atoms with Crippen LogP contribution in [0.1, 0.15) is 11.5 Å². The largest absolute Gasteiger partial charge is 0.349 e. The molecule has 0 aliphatic heterocycles. The maximum Gasteiger partial charge on any atom is 0.234 e. The van der Waals surface area contributed by atoms with E-state index in [0.29, 0.717) is 18.9 Å². The van der Waals surface area contributed by atoms with Crippen molar-refractivity contribution < 1.29 is 4.79 Å². The summed E-state index contributed by atoms with van der Waals surface area (Å²) in [5, 5.41) is 5.51. The van der Waals surface area contributed by atoms with E-state index >= 15 is 0 Å². The Hall–Kier alpha value is -1.49. The van der Waals surface area contributed by atoms with Gasteiger partial charge in [0.05, 0.1) is 18.8 Å². The first-order valence-corrected chi connectivity index (χ1v) is 4.42. The molecule has 0 atom stereocenters. The van der Waals surface area contributed by atoms with Crippen molar-refractivity contribution in [3.8, 4) is 0 Å². The summed E-state index contributed by atoms with van der Waals surface area (Å²) < 4.78 is 0. The SMILES string of the molecule is CNCC(=O)NCc1ccnc(C)n1. The Kier molecular flexibility index (Phi) is 4.00. The van der Waals surface area contributed by atoms with E-state index in [-0.39, 0.29) is 5.91 Å². The number of aryl methyl sites for hydroxylation is 1. The average molecular weight is 194 g/mol. The molecule has 14 heavy (non-hydrogen) atoms. The minimum absolute atomic E-state index is 0.0382. The monoisotopic (exact) mass is 194 g/mol. The first kappa shape index (κ1) is 10.6. The third kappa shape index (κ3) is 3.49. The molecule has 0 bridgehead atoms. The topological polar surface area (TPSA) is 66.9 Å². The molecule has 5 nitrogen and oxygen atoms in total. The van der Waals surface area contributed by atoms with Gasteiger partial charge >= 0.3 is 0 Å². The minimum Gasteiger partial charge on any atom is -0.349 e. The van der Waals surface area contributed by atoms with Crippen LogP contribution in [0.5, 0.6) is 0 Å². The average Bonchev–Trinajstić information content (AvgIpc) is 2.15. The van der Waals surface area contributed by atoms with Gasteiger partial charge in [0, 0.05) is 6.20 Å². The molecule has 1 aromatic rings. The van der Waals surface area contributed by atoms with E-state index in [1.165, 1.54) is 0 Å². The smallest absolute Gasteiger partial charge is 0.234 e. The Morgan fingerprint density at radius 3 is 3.00 bits per heavy atom. The number of hydrogen-bond acceptors (Lipinski definition) is 4. The van der Waals surface area contributed by atoms with Gasteiger partial charge in [-0.3, -0.25) is 4.79 Å². The van der Waals surface area contributed by atoms with E-state index in [9.17, 15) is 4.79 Å². The van der Waals surface area contributed by atoms with Gasteiger partial charge in [0.15, 0.2) is 0 Å². The molecule has 1 aromatic heterocycles. The van der Waals surface area contributed by atoms with Crippen LogP contribution in [0.3, 0.4) is 0 Å². The molecule has 1 rings (SSSR count). The summed E-state index contributed by atoms with van der Waals surface area (Å²) >= 11 is 0. The minimum atomic E-state index is -0.0382. The zero-order valence-electron chi connectivity index (χ0n) is 8.37. The van der Waals surface area contributed by atoms with Gasteiger partial charge < -0.3 is 10.6 Å². The van der Waals surface area contributed by atoms with E-state index < -0.39 is 0 Å². The Morgan fingerprint density at radius 2 is 2.36 bits per heavy atom. The fourth-order valence-electron chi connectivity index (χ4n) is 1.02. The van der Waals surface area contributed by atoms with Crippen molar-refractivity contribution >= 4 is 5.91 Å². The van der Waals surface area contributed by atoms with Gasteiger partial charge in [0.2, 0.25) is 5.91 Å². The highest BCUT2D eigenvalue weighted by Crippen LogP contribution is 1.93. The fraction of sp³-hybridized carbons (Fsp3) is 0.444. The molecule has 0 aliphatic rings. The molecule has 1 heterocycles. The Balaban J connectivity index is 2.41. The molecular weight excluding hydrogens is 180 g/mol. The second-order valence-corrected chi connectivity index (χ2v) is 2.90. The van der Waals surface area contributed by atoms with Crippen LogP contribution in [-0.2, 0) is 11.3 Å². The zero-order valence-corrected chi connectivity index (χ0v) is 8.37. The molecule has 76 valence electrons. The molecule has 2 N–H and O–H groups in total. The summed E-state index contributed by atoms with van der Waals surface area (Å²) in [6, 6.07) is 1.78. The molecule has 0 saturated carbocycles. The number of likely N-dealkylation sites (N-methyl/N-ethyl adjacent to an activating group) is 1. The van der Waals surface area contributed by atoms with Crippen LogP contribution in [0.25, 0.3) is 0 Å². The molecule has 0 aromatic carbocycles. The molecule has 0 aliphatic carbocycles. The lowest BCUT2D eigenvalue weighted by Gasteiger charge is -2.04. The second-order valence-electron chi connectivity index (χ2n) is 2.90. The van der Waals surface area contributed by atoms with E-state index in [1.807, 2.05) is 6.92 Å². The summed E-state index contributed by atoms with van der Waals surface area (Å²) in [6.07, 6.45) is 1.68. The van der Waals surface area contributed by atoms with Crippen LogP contribution >= 0.6 is 0 Å². The number of aromatic nitrogens is 2. The molecule has 0 fully saturated rings. The van der Waals surface area contributed by atoms with Gasteiger partial charge in [0.25, 0.3) is 0 Å². The fourth-order valence-corrected chi connectivity index (χ4v) is 1.02. The summed E-state index contributed by atoms with van der Waals surface area (Å²) in [5.41, 5.74) is 0.821. The number of amides is 1. The third-order valence-corrected chi connectivity index (χ3v) is 1.64. The zero-order chi connectivity index (χ0) is 10.4. The van der Waals surface area contributed by atoms with Crippen LogP contribution in [0.4, 0.5) is 0 Å². The van der Waals surface area contributed by atoms with Gasteiger partial charge in [0.1, 0.15) is 5.82 Å². The van der Waals surface area contributed by atoms with Crippen molar-refractivity contribution in [3.05, 3.63) is 23.8 Å². The summed E-state index contributed by atoms with van der Waals surface area (Å²) in [5.74, 6) is 0.675. The summed E-state index contributed by atoms with van der Waals surface area (Å²) in [4.78, 5) is 19.2. The molecule has 0 spiro atoms. The Labute approximate surface area is 83.0 Å².